The first-order chi connectivity index (χ1) is 26.3. The summed E-state index contributed by atoms with van der Waals surface area (Å²) in [6.45, 7) is 0. The molecule has 4 heterocycles. The second-order valence-electron chi connectivity index (χ2n) is 13.8. The molecule has 8 aromatic carbocycles. The summed E-state index contributed by atoms with van der Waals surface area (Å²) in [5.74, 6) is 0.619. The average Bonchev–Trinajstić information content (AvgIpc) is 3.88. The van der Waals surface area contributed by atoms with E-state index in [9.17, 15) is 0 Å². The van der Waals surface area contributed by atoms with Gasteiger partial charge >= 0.3 is 0 Å². The number of fused-ring (bicyclic) bond motifs is 13. The molecule has 5 heteroatoms. The molecule has 0 spiro atoms. The Kier molecular flexibility index (Phi) is 5.71. The molecule has 5 nitrogen and oxygen atoms in total. The molecule has 0 saturated carbocycles. The molecule has 12 aromatic rings. The van der Waals surface area contributed by atoms with E-state index in [2.05, 4.69) is 167 Å². The largest absolute Gasteiger partial charge is 0.455 e. The zero-order valence-electron chi connectivity index (χ0n) is 28.4. The minimum Gasteiger partial charge on any atom is -0.455 e. The number of para-hydroxylation sites is 3. The van der Waals surface area contributed by atoms with E-state index < -0.39 is 0 Å². The first-order valence-corrected chi connectivity index (χ1v) is 17.9. The zero-order valence-corrected chi connectivity index (χ0v) is 28.4. The van der Waals surface area contributed by atoms with Gasteiger partial charge in [0.05, 0.1) is 38.7 Å². The maximum absolute atomic E-state index is 6.90. The van der Waals surface area contributed by atoms with Gasteiger partial charge < -0.3 is 8.98 Å². The Hall–Kier alpha value is -7.24. The molecule has 12 rings (SSSR count). The van der Waals surface area contributed by atoms with Gasteiger partial charge in [0.15, 0.2) is 0 Å². The van der Waals surface area contributed by atoms with E-state index in [0.29, 0.717) is 5.95 Å². The second kappa shape index (κ2) is 10.6. The third-order valence-electron chi connectivity index (χ3n) is 10.9. The number of hydrogen-bond acceptors (Lipinski definition) is 3. The van der Waals surface area contributed by atoms with Crippen LogP contribution >= 0.6 is 0 Å². The van der Waals surface area contributed by atoms with E-state index in [0.717, 1.165) is 71.6 Å². The van der Waals surface area contributed by atoms with Gasteiger partial charge in [0.2, 0.25) is 5.95 Å². The lowest BCUT2D eigenvalue weighted by atomic mass is 10.0. The van der Waals surface area contributed by atoms with E-state index in [-0.39, 0.29) is 0 Å². The standard InChI is InChI=1S/C48H28N4O/c1-2-13-30(14-3-1)46-35-18-6-9-19-38(35)49-48(50-46)52-41-25-23-31(51-39-20-10-7-16-33(39)34-17-8-11-21-40(34)51)28-37(41)45-42(52)26-24-36-44-32-15-5-4-12-29(32)22-27-43(44)53-47(36)45/h1-28H. The highest BCUT2D eigenvalue weighted by Crippen LogP contribution is 2.44. The molecule has 0 amide bonds. The van der Waals surface area contributed by atoms with Gasteiger partial charge in [0, 0.05) is 43.6 Å². The van der Waals surface area contributed by atoms with E-state index in [1.54, 1.807) is 0 Å². The van der Waals surface area contributed by atoms with Crippen molar-refractivity contribution in [2.75, 3.05) is 0 Å². The van der Waals surface area contributed by atoms with Crippen molar-refractivity contribution >= 4 is 87.2 Å². The van der Waals surface area contributed by atoms with Crippen molar-refractivity contribution in [2.45, 2.75) is 0 Å². The molecule has 0 fully saturated rings. The smallest absolute Gasteiger partial charge is 0.235 e. The summed E-state index contributed by atoms with van der Waals surface area (Å²) >= 11 is 0. The summed E-state index contributed by atoms with van der Waals surface area (Å²) in [6, 6.07) is 59.9. The molecule has 0 saturated heterocycles. The minimum atomic E-state index is 0.619. The van der Waals surface area contributed by atoms with Gasteiger partial charge in [0.25, 0.3) is 0 Å². The monoisotopic (exact) mass is 676 g/mol. The van der Waals surface area contributed by atoms with E-state index in [4.69, 9.17) is 14.4 Å². The molecule has 4 aromatic heterocycles. The molecule has 0 radical (unpaired) electrons. The average molecular weight is 677 g/mol. The maximum atomic E-state index is 6.90. The van der Waals surface area contributed by atoms with Crippen LogP contribution in [-0.4, -0.2) is 19.1 Å². The summed E-state index contributed by atoms with van der Waals surface area (Å²) in [4.78, 5) is 10.6. The molecule has 0 aliphatic heterocycles. The minimum absolute atomic E-state index is 0.619. The van der Waals surface area contributed by atoms with Crippen LogP contribution in [0.4, 0.5) is 0 Å². The third kappa shape index (κ3) is 3.96. The Labute approximate surface area is 302 Å². The topological polar surface area (TPSA) is 48.8 Å². The molecule has 0 bridgehead atoms. The highest BCUT2D eigenvalue weighted by atomic mass is 16.3. The predicted octanol–water partition coefficient (Wildman–Crippen LogP) is 12.5. The number of hydrogen-bond donors (Lipinski definition) is 0. The van der Waals surface area contributed by atoms with Crippen LogP contribution in [0.2, 0.25) is 0 Å². The number of nitrogens with zero attached hydrogens (tertiary/aromatic N) is 4. The lowest BCUT2D eigenvalue weighted by Gasteiger charge is -2.12. The van der Waals surface area contributed by atoms with Gasteiger partial charge in [-0.1, -0.05) is 115 Å². The first kappa shape index (κ1) is 28.5. The Balaban J connectivity index is 1.23. The molecule has 0 aliphatic rings. The summed E-state index contributed by atoms with van der Waals surface area (Å²) in [5.41, 5.74) is 10.0. The molecule has 0 aliphatic carbocycles. The molecule has 0 atom stereocenters. The Morgan fingerprint density at radius 3 is 1.89 bits per heavy atom. The van der Waals surface area contributed by atoms with Crippen molar-refractivity contribution in [2.24, 2.45) is 0 Å². The van der Waals surface area contributed by atoms with Crippen LogP contribution in [0.3, 0.4) is 0 Å². The second-order valence-corrected chi connectivity index (χ2v) is 13.8. The maximum Gasteiger partial charge on any atom is 0.235 e. The van der Waals surface area contributed by atoms with Crippen LogP contribution in [0.15, 0.2) is 174 Å². The number of rotatable bonds is 3. The van der Waals surface area contributed by atoms with Crippen LogP contribution in [0.25, 0.3) is 110 Å². The highest BCUT2D eigenvalue weighted by Gasteiger charge is 2.23. The first-order valence-electron chi connectivity index (χ1n) is 17.9. The molecule has 53 heavy (non-hydrogen) atoms. The predicted molar refractivity (Wildman–Crippen MR) is 218 cm³/mol. The lowest BCUT2D eigenvalue weighted by molar-refractivity contribution is 0.673. The summed E-state index contributed by atoms with van der Waals surface area (Å²) < 4.78 is 11.5. The van der Waals surface area contributed by atoms with Gasteiger partial charge in [-0.3, -0.25) is 4.57 Å². The Bertz CT molecular complexity index is 3410. The molecule has 246 valence electrons. The van der Waals surface area contributed by atoms with Gasteiger partial charge in [-0.25, -0.2) is 9.97 Å². The number of benzene rings is 8. The van der Waals surface area contributed by atoms with Crippen molar-refractivity contribution in [3.05, 3.63) is 170 Å². The van der Waals surface area contributed by atoms with Crippen LogP contribution in [0, 0.1) is 0 Å². The fraction of sp³-hybridized carbons (Fsp3) is 0. The Morgan fingerprint density at radius 2 is 1.08 bits per heavy atom. The number of aromatic nitrogens is 4. The van der Waals surface area contributed by atoms with Crippen LogP contribution in [-0.2, 0) is 0 Å². The fourth-order valence-corrected chi connectivity index (χ4v) is 8.63. The van der Waals surface area contributed by atoms with Crippen LogP contribution in [0.1, 0.15) is 0 Å². The van der Waals surface area contributed by atoms with Gasteiger partial charge in [-0.15, -0.1) is 0 Å². The van der Waals surface area contributed by atoms with Gasteiger partial charge in [-0.05, 0) is 65.4 Å². The van der Waals surface area contributed by atoms with Crippen LogP contribution < -0.4 is 0 Å². The van der Waals surface area contributed by atoms with E-state index in [1.807, 2.05) is 12.1 Å². The number of furan rings is 1. The fourth-order valence-electron chi connectivity index (χ4n) is 8.63. The SMILES string of the molecule is c1ccc(-c2nc(-n3c4ccc(-n5c6ccccc6c6ccccc65)cc4c4c5oc6ccc7ccccc7c6c5ccc43)nc3ccccc23)cc1. The summed E-state index contributed by atoms with van der Waals surface area (Å²) in [5, 5.41) is 10.2. The summed E-state index contributed by atoms with van der Waals surface area (Å²) in [7, 11) is 0. The van der Waals surface area contributed by atoms with E-state index >= 15 is 0 Å². The highest BCUT2D eigenvalue weighted by molar-refractivity contribution is 6.28. The third-order valence-corrected chi connectivity index (χ3v) is 10.9. The molecule has 0 unspecified atom stereocenters. The quantitative estimate of drug-likeness (QED) is 0.187. The molecule has 0 N–H and O–H groups in total. The van der Waals surface area contributed by atoms with Crippen molar-refractivity contribution in [3.63, 3.8) is 0 Å². The van der Waals surface area contributed by atoms with E-state index in [1.165, 1.54) is 32.6 Å². The van der Waals surface area contributed by atoms with Crippen molar-refractivity contribution in [1.29, 1.82) is 0 Å². The van der Waals surface area contributed by atoms with Crippen LogP contribution in [0.5, 0.6) is 0 Å². The van der Waals surface area contributed by atoms with Gasteiger partial charge in [-0.2, -0.15) is 0 Å². The Morgan fingerprint density at radius 1 is 0.415 bits per heavy atom. The van der Waals surface area contributed by atoms with Gasteiger partial charge in [0.1, 0.15) is 11.2 Å². The van der Waals surface area contributed by atoms with Crippen molar-refractivity contribution in [3.8, 4) is 22.9 Å². The summed E-state index contributed by atoms with van der Waals surface area (Å²) in [6.07, 6.45) is 0. The normalized spacial score (nSPS) is 12.2. The lowest BCUT2D eigenvalue weighted by Crippen LogP contribution is -2.03. The van der Waals surface area contributed by atoms with Crippen molar-refractivity contribution < 1.29 is 4.42 Å². The zero-order chi connectivity index (χ0) is 34.6. The van der Waals surface area contributed by atoms with Crippen molar-refractivity contribution in [1.82, 2.24) is 19.1 Å². The molecular formula is C48H28N4O. The molecular weight excluding hydrogens is 649 g/mol.